The summed E-state index contributed by atoms with van der Waals surface area (Å²) < 4.78 is 10.3. The molecule has 0 saturated heterocycles. The highest BCUT2D eigenvalue weighted by Gasteiger charge is 2.27. The van der Waals surface area contributed by atoms with Crippen molar-refractivity contribution in [3.63, 3.8) is 0 Å². The molecule has 3 atom stereocenters. The third kappa shape index (κ3) is 13.7. The van der Waals surface area contributed by atoms with Gasteiger partial charge in [0.25, 0.3) is 0 Å². The van der Waals surface area contributed by atoms with Gasteiger partial charge in [0.1, 0.15) is 25.3 Å². The first kappa shape index (κ1) is 38.0. The van der Waals surface area contributed by atoms with Crippen LogP contribution in [0.3, 0.4) is 0 Å². The van der Waals surface area contributed by atoms with Crippen LogP contribution < -0.4 is 38.1 Å². The number of carbonyl (C=O) groups excluding carboxylic acids is 5. The third-order valence-corrected chi connectivity index (χ3v) is 7.27. The van der Waals surface area contributed by atoms with Crippen molar-refractivity contribution in [2.24, 2.45) is 11.5 Å². The van der Waals surface area contributed by atoms with Crippen LogP contribution in [0.2, 0.25) is 0 Å². The molecule has 14 nitrogen and oxygen atoms in total. The Balaban J connectivity index is 1.56. The van der Waals surface area contributed by atoms with Crippen LogP contribution >= 0.6 is 0 Å². The Bertz CT molecular complexity index is 1520. The lowest BCUT2D eigenvalue weighted by molar-refractivity contribution is -0.131. The van der Waals surface area contributed by atoms with Crippen molar-refractivity contribution in [1.82, 2.24) is 16.0 Å². The van der Waals surface area contributed by atoms with Crippen LogP contribution in [-0.2, 0) is 43.5 Å². The molecule has 49 heavy (non-hydrogen) atoms. The second-order valence-corrected chi connectivity index (χ2v) is 11.3. The number of hydrogen-bond donors (Lipinski definition) is 7. The van der Waals surface area contributed by atoms with Gasteiger partial charge in [-0.2, -0.15) is 0 Å². The van der Waals surface area contributed by atoms with Gasteiger partial charge in [-0.15, -0.1) is 0 Å². The third-order valence-electron chi connectivity index (χ3n) is 7.27. The lowest BCUT2D eigenvalue weighted by atomic mass is 10.0. The van der Waals surface area contributed by atoms with Gasteiger partial charge in [0, 0.05) is 24.8 Å². The Morgan fingerprint density at radius 3 is 1.76 bits per heavy atom. The molecule has 3 rings (SSSR count). The van der Waals surface area contributed by atoms with Crippen molar-refractivity contribution < 1.29 is 33.4 Å². The first-order chi connectivity index (χ1) is 23.6. The SMILES string of the molecule is CNC(=O)OCc1ccc(NC(=O)OCc2ccc(NC(=O)[C@@H](CCCCN)NC(=O)[C@H](Cc3ccccc3)NC(=O)[C@@H](C)N)cc2)cc1. The van der Waals surface area contributed by atoms with Crippen molar-refractivity contribution in [2.45, 2.75) is 63.9 Å². The maximum absolute atomic E-state index is 13.4. The number of amides is 5. The summed E-state index contributed by atoms with van der Waals surface area (Å²) in [5, 5.41) is 13.3. The number of anilines is 2. The van der Waals surface area contributed by atoms with Crippen molar-refractivity contribution in [1.29, 1.82) is 0 Å². The predicted octanol–water partition coefficient (Wildman–Crippen LogP) is 2.92. The number of carbonyl (C=O) groups is 5. The minimum atomic E-state index is -0.948. The van der Waals surface area contributed by atoms with Gasteiger partial charge in [0.05, 0.1) is 6.04 Å². The van der Waals surface area contributed by atoms with Crippen LogP contribution in [0.15, 0.2) is 78.9 Å². The summed E-state index contributed by atoms with van der Waals surface area (Å²) in [5.41, 5.74) is 14.6. The van der Waals surface area contributed by atoms with Crippen molar-refractivity contribution >= 4 is 41.3 Å². The molecule has 262 valence electrons. The van der Waals surface area contributed by atoms with Crippen LogP contribution in [0.4, 0.5) is 21.0 Å². The van der Waals surface area contributed by atoms with Crippen molar-refractivity contribution in [3.8, 4) is 0 Å². The van der Waals surface area contributed by atoms with Gasteiger partial charge >= 0.3 is 12.2 Å². The van der Waals surface area contributed by atoms with E-state index >= 15 is 0 Å². The molecule has 0 spiro atoms. The zero-order valence-electron chi connectivity index (χ0n) is 27.7. The summed E-state index contributed by atoms with van der Waals surface area (Å²) >= 11 is 0. The quantitative estimate of drug-likeness (QED) is 0.105. The monoisotopic (exact) mass is 675 g/mol. The lowest BCUT2D eigenvalue weighted by Crippen LogP contribution is -2.55. The van der Waals surface area contributed by atoms with E-state index in [0.717, 1.165) is 11.1 Å². The maximum Gasteiger partial charge on any atom is 0.411 e. The van der Waals surface area contributed by atoms with Gasteiger partial charge < -0.3 is 42.2 Å². The molecule has 9 N–H and O–H groups in total. The average molecular weight is 676 g/mol. The largest absolute Gasteiger partial charge is 0.445 e. The molecule has 5 amide bonds. The number of nitrogens with two attached hydrogens (primary N) is 2. The summed E-state index contributed by atoms with van der Waals surface area (Å²) in [5.74, 6) is -1.43. The van der Waals surface area contributed by atoms with E-state index < -0.39 is 48.0 Å². The minimum absolute atomic E-state index is 0.0220. The fourth-order valence-electron chi connectivity index (χ4n) is 4.52. The molecule has 0 aliphatic heterocycles. The first-order valence-corrected chi connectivity index (χ1v) is 15.9. The Hall–Kier alpha value is -5.47. The Labute approximate surface area is 285 Å². The van der Waals surface area contributed by atoms with Gasteiger partial charge in [0.2, 0.25) is 17.7 Å². The second kappa shape index (κ2) is 20.0. The molecule has 14 heteroatoms. The van der Waals surface area contributed by atoms with Crippen LogP contribution in [0.25, 0.3) is 0 Å². The van der Waals surface area contributed by atoms with Gasteiger partial charge in [-0.25, -0.2) is 9.59 Å². The summed E-state index contributed by atoms with van der Waals surface area (Å²) in [6.45, 7) is 2.03. The van der Waals surface area contributed by atoms with E-state index in [4.69, 9.17) is 20.9 Å². The molecule has 3 aromatic carbocycles. The van der Waals surface area contributed by atoms with E-state index in [0.29, 0.717) is 42.7 Å². The smallest absolute Gasteiger partial charge is 0.411 e. The fraction of sp³-hybridized carbons (Fsp3) is 0.343. The molecular weight excluding hydrogens is 630 g/mol. The van der Waals surface area contributed by atoms with Gasteiger partial charge in [-0.1, -0.05) is 54.6 Å². The second-order valence-electron chi connectivity index (χ2n) is 11.3. The summed E-state index contributed by atoms with van der Waals surface area (Å²) in [6, 6.07) is 20.0. The highest BCUT2D eigenvalue weighted by atomic mass is 16.6. The summed E-state index contributed by atoms with van der Waals surface area (Å²) in [7, 11) is 1.47. The van der Waals surface area contributed by atoms with Gasteiger partial charge in [-0.05, 0) is 73.7 Å². The van der Waals surface area contributed by atoms with Crippen molar-refractivity contribution in [2.75, 3.05) is 24.2 Å². The topological polar surface area (TPSA) is 216 Å². The predicted molar refractivity (Wildman–Crippen MR) is 185 cm³/mol. The number of rotatable bonds is 17. The molecule has 3 aromatic rings. The van der Waals surface area contributed by atoms with E-state index in [-0.39, 0.29) is 19.6 Å². The zero-order chi connectivity index (χ0) is 35.6. The molecule has 0 unspecified atom stereocenters. The van der Waals surface area contributed by atoms with Crippen LogP contribution in [-0.4, -0.2) is 61.6 Å². The van der Waals surface area contributed by atoms with E-state index in [1.807, 2.05) is 30.3 Å². The van der Waals surface area contributed by atoms with Crippen LogP contribution in [0.1, 0.15) is 42.9 Å². The number of ether oxygens (including phenoxy) is 2. The van der Waals surface area contributed by atoms with E-state index in [2.05, 4.69) is 26.6 Å². The Kier molecular flexibility index (Phi) is 15.5. The van der Waals surface area contributed by atoms with Gasteiger partial charge in [0.15, 0.2) is 0 Å². The molecule has 0 bridgehead atoms. The highest BCUT2D eigenvalue weighted by molar-refractivity contribution is 5.98. The maximum atomic E-state index is 13.4. The summed E-state index contributed by atoms with van der Waals surface area (Å²) in [6.07, 6.45) is 0.607. The van der Waals surface area contributed by atoms with Gasteiger partial charge in [-0.3, -0.25) is 19.7 Å². The number of benzene rings is 3. The first-order valence-electron chi connectivity index (χ1n) is 15.9. The highest BCUT2D eigenvalue weighted by Crippen LogP contribution is 2.15. The summed E-state index contributed by atoms with van der Waals surface area (Å²) in [4.78, 5) is 62.7. The molecule has 0 radical (unpaired) electrons. The normalized spacial score (nSPS) is 12.4. The van der Waals surface area contributed by atoms with Crippen molar-refractivity contribution in [3.05, 3.63) is 95.6 Å². The lowest BCUT2D eigenvalue weighted by Gasteiger charge is -2.24. The van der Waals surface area contributed by atoms with E-state index in [1.165, 1.54) is 14.0 Å². The fourth-order valence-corrected chi connectivity index (χ4v) is 4.52. The Morgan fingerprint density at radius 1 is 0.653 bits per heavy atom. The van der Waals surface area contributed by atoms with E-state index in [9.17, 15) is 24.0 Å². The molecule has 0 fully saturated rings. The molecule has 0 aromatic heterocycles. The zero-order valence-corrected chi connectivity index (χ0v) is 27.7. The average Bonchev–Trinajstić information content (AvgIpc) is 3.10. The molecular formula is C35H45N7O7. The minimum Gasteiger partial charge on any atom is -0.445 e. The molecule has 0 aliphatic carbocycles. The Morgan fingerprint density at radius 2 is 1.20 bits per heavy atom. The molecule has 0 saturated carbocycles. The van der Waals surface area contributed by atoms with Crippen LogP contribution in [0.5, 0.6) is 0 Å². The number of alkyl carbamates (subject to hydrolysis) is 1. The molecule has 0 aliphatic rings. The number of hydrogen-bond acceptors (Lipinski definition) is 9. The number of nitrogens with one attached hydrogen (secondary N) is 5. The number of unbranched alkanes of at least 4 members (excludes halogenated alkanes) is 1. The standard InChI is InChI=1S/C35H45N7O7/c1-23(37)31(43)42-30(20-24-8-4-3-5-9-24)33(45)41-29(10-6-7-19-36)32(44)39-27-15-11-26(12-16-27)22-49-35(47)40-28-17-13-25(14-18-28)21-48-34(46)38-2/h3-5,8-9,11-18,23,29-30H,6-7,10,19-22,36-37H2,1-2H3,(H,38,46)(H,39,44)(H,40,47)(H,41,45)(H,42,43)/t23-,29-,30+/m1/s1. The van der Waals surface area contributed by atoms with Crippen LogP contribution in [0, 0.1) is 0 Å². The molecule has 0 heterocycles. The van der Waals surface area contributed by atoms with E-state index in [1.54, 1.807) is 48.5 Å².